The Morgan fingerprint density at radius 1 is 1.24 bits per heavy atom. The smallest absolute Gasteiger partial charge is 0.158 e. The highest BCUT2D eigenvalue weighted by Crippen LogP contribution is 2.30. The fraction of sp³-hybridized carbons (Fsp3) is 0.625. The summed E-state index contributed by atoms with van der Waals surface area (Å²) in [4.78, 5) is 7.20. The molecule has 0 saturated carbocycles. The third-order valence-electron chi connectivity index (χ3n) is 4.91. The molecule has 2 aromatic rings. The lowest BCUT2D eigenvalue weighted by molar-refractivity contribution is 0.255. The van der Waals surface area contributed by atoms with Gasteiger partial charge < -0.3 is 10.2 Å². The molecular weight excluding hydrogens is 262 g/mol. The van der Waals surface area contributed by atoms with Gasteiger partial charge in [0.05, 0.1) is 18.1 Å². The topological polar surface area (TPSA) is 46.0 Å². The largest absolute Gasteiger partial charge is 0.381 e. The van der Waals surface area contributed by atoms with E-state index in [0.717, 1.165) is 22.6 Å². The van der Waals surface area contributed by atoms with E-state index in [-0.39, 0.29) is 0 Å². The molecule has 4 heterocycles. The van der Waals surface area contributed by atoms with Crippen molar-refractivity contribution in [3.05, 3.63) is 18.5 Å². The predicted octanol–water partition coefficient (Wildman–Crippen LogP) is 2.52. The highest BCUT2D eigenvalue weighted by atomic mass is 15.3. The molecule has 2 aliphatic heterocycles. The Morgan fingerprint density at radius 3 is 2.95 bits per heavy atom. The molecule has 0 spiro atoms. The van der Waals surface area contributed by atoms with E-state index < -0.39 is 0 Å². The van der Waals surface area contributed by atoms with E-state index in [2.05, 4.69) is 40.2 Å². The van der Waals surface area contributed by atoms with Crippen molar-refractivity contribution in [3.63, 3.8) is 0 Å². The highest BCUT2D eigenvalue weighted by Gasteiger charge is 2.34. The molecule has 0 radical (unpaired) electrons. The SMILES string of the molecule is CC(C)n1ncc2cc(NC3CCN4CCC3C4)cnc21. The number of aromatic nitrogens is 3. The molecule has 0 aliphatic carbocycles. The van der Waals surface area contributed by atoms with Gasteiger partial charge >= 0.3 is 0 Å². The second-order valence-electron chi connectivity index (χ2n) is 6.71. The Labute approximate surface area is 125 Å². The molecule has 2 aromatic heterocycles. The maximum absolute atomic E-state index is 4.62. The summed E-state index contributed by atoms with van der Waals surface area (Å²) in [7, 11) is 0. The second kappa shape index (κ2) is 4.98. The molecule has 2 saturated heterocycles. The second-order valence-corrected chi connectivity index (χ2v) is 6.71. The van der Waals surface area contributed by atoms with Crippen molar-refractivity contribution in [2.24, 2.45) is 5.92 Å². The molecule has 2 bridgehead atoms. The van der Waals surface area contributed by atoms with Gasteiger partial charge in [-0.3, -0.25) is 0 Å². The minimum atomic E-state index is 0.344. The Bertz CT molecular complexity index is 647. The summed E-state index contributed by atoms with van der Waals surface area (Å²) in [6.45, 7) is 8.04. The minimum absolute atomic E-state index is 0.344. The Kier molecular flexibility index (Phi) is 3.10. The van der Waals surface area contributed by atoms with Crippen LogP contribution in [0.2, 0.25) is 0 Å². The lowest BCUT2D eigenvalue weighted by atomic mass is 9.94. The van der Waals surface area contributed by atoms with Crippen LogP contribution in [0.4, 0.5) is 5.69 Å². The van der Waals surface area contributed by atoms with E-state index in [9.17, 15) is 0 Å². The molecule has 4 rings (SSSR count). The van der Waals surface area contributed by atoms with Gasteiger partial charge in [-0.25, -0.2) is 9.67 Å². The summed E-state index contributed by atoms with van der Waals surface area (Å²) in [5.74, 6) is 0.799. The van der Waals surface area contributed by atoms with Crippen LogP contribution in [0.3, 0.4) is 0 Å². The van der Waals surface area contributed by atoms with E-state index in [1.165, 1.54) is 32.5 Å². The number of hydrogen-bond donors (Lipinski definition) is 1. The van der Waals surface area contributed by atoms with Gasteiger partial charge in [-0.05, 0) is 45.2 Å². The quantitative estimate of drug-likeness (QED) is 0.941. The van der Waals surface area contributed by atoms with Crippen LogP contribution in [0.15, 0.2) is 18.5 Å². The van der Waals surface area contributed by atoms with E-state index in [4.69, 9.17) is 0 Å². The third-order valence-corrected chi connectivity index (χ3v) is 4.91. The number of piperidine rings is 1. The van der Waals surface area contributed by atoms with Crippen molar-refractivity contribution in [1.29, 1.82) is 0 Å². The molecule has 1 N–H and O–H groups in total. The Hall–Kier alpha value is -1.62. The first-order valence-electron chi connectivity index (χ1n) is 8.03. The average Bonchev–Trinajstić information content (AvgIpc) is 3.06. The molecule has 21 heavy (non-hydrogen) atoms. The first-order valence-corrected chi connectivity index (χ1v) is 8.03. The van der Waals surface area contributed by atoms with E-state index in [0.29, 0.717) is 12.1 Å². The molecule has 2 fully saturated rings. The molecular formula is C16H23N5. The zero-order valence-corrected chi connectivity index (χ0v) is 12.8. The van der Waals surface area contributed by atoms with Crippen LogP contribution in [0, 0.1) is 5.92 Å². The number of rotatable bonds is 3. The summed E-state index contributed by atoms with van der Waals surface area (Å²) >= 11 is 0. The van der Waals surface area contributed by atoms with Crippen LogP contribution >= 0.6 is 0 Å². The Balaban J connectivity index is 1.56. The molecule has 2 aliphatic rings. The standard InChI is InChI=1S/C16H23N5/c1-11(2)21-16-13(8-18-21)7-14(9-17-16)19-15-4-6-20-5-3-12(15)10-20/h7-9,11-12,15,19H,3-6,10H2,1-2H3. The van der Waals surface area contributed by atoms with Crippen LogP contribution in [0.1, 0.15) is 32.7 Å². The highest BCUT2D eigenvalue weighted by molar-refractivity contribution is 5.78. The van der Waals surface area contributed by atoms with Crippen LogP contribution in [-0.4, -0.2) is 45.3 Å². The maximum Gasteiger partial charge on any atom is 0.158 e. The number of nitrogens with one attached hydrogen (secondary N) is 1. The summed E-state index contributed by atoms with van der Waals surface area (Å²) in [5.41, 5.74) is 2.11. The van der Waals surface area contributed by atoms with Gasteiger partial charge in [0.15, 0.2) is 5.65 Å². The van der Waals surface area contributed by atoms with E-state index >= 15 is 0 Å². The lowest BCUT2D eigenvalue weighted by Gasteiger charge is -2.31. The molecule has 5 heteroatoms. The van der Waals surface area contributed by atoms with Crippen molar-refractivity contribution in [3.8, 4) is 0 Å². The molecule has 3 atom stereocenters. The van der Waals surface area contributed by atoms with Crippen LogP contribution in [-0.2, 0) is 0 Å². The number of hydrogen-bond acceptors (Lipinski definition) is 4. The van der Waals surface area contributed by atoms with E-state index in [1.807, 2.05) is 17.1 Å². The summed E-state index contributed by atoms with van der Waals surface area (Å²) in [6, 6.07) is 3.13. The van der Waals surface area contributed by atoms with Gasteiger partial charge in [-0.2, -0.15) is 5.10 Å². The first kappa shape index (κ1) is 13.1. The van der Waals surface area contributed by atoms with Crippen molar-refractivity contribution in [2.75, 3.05) is 25.0 Å². The number of nitrogens with zero attached hydrogens (tertiary/aromatic N) is 4. The van der Waals surface area contributed by atoms with Crippen molar-refractivity contribution < 1.29 is 0 Å². The molecule has 0 amide bonds. The number of fused-ring (bicyclic) bond motifs is 3. The fourth-order valence-corrected chi connectivity index (χ4v) is 3.75. The summed E-state index contributed by atoms with van der Waals surface area (Å²) in [5, 5.41) is 9.28. The van der Waals surface area contributed by atoms with Gasteiger partial charge in [0, 0.05) is 30.6 Å². The fourth-order valence-electron chi connectivity index (χ4n) is 3.75. The first-order chi connectivity index (χ1) is 10.2. The van der Waals surface area contributed by atoms with Crippen molar-refractivity contribution >= 4 is 16.7 Å². The van der Waals surface area contributed by atoms with Crippen LogP contribution in [0.25, 0.3) is 11.0 Å². The predicted molar refractivity (Wildman–Crippen MR) is 84.5 cm³/mol. The average molecular weight is 285 g/mol. The molecule has 112 valence electrons. The number of pyridine rings is 1. The van der Waals surface area contributed by atoms with Crippen LogP contribution in [0.5, 0.6) is 0 Å². The minimum Gasteiger partial charge on any atom is -0.381 e. The van der Waals surface area contributed by atoms with Gasteiger partial charge in [-0.1, -0.05) is 0 Å². The molecule has 5 nitrogen and oxygen atoms in total. The van der Waals surface area contributed by atoms with Crippen LogP contribution < -0.4 is 5.32 Å². The number of anilines is 1. The summed E-state index contributed by atoms with van der Waals surface area (Å²) < 4.78 is 1.98. The van der Waals surface area contributed by atoms with Crippen molar-refractivity contribution in [2.45, 2.75) is 38.8 Å². The molecule has 0 aromatic carbocycles. The Morgan fingerprint density at radius 2 is 2.10 bits per heavy atom. The molecule has 3 unspecified atom stereocenters. The van der Waals surface area contributed by atoms with Gasteiger partial charge in [0.2, 0.25) is 0 Å². The van der Waals surface area contributed by atoms with Gasteiger partial charge in [0.1, 0.15) is 0 Å². The normalized spacial score (nSPS) is 28.4. The van der Waals surface area contributed by atoms with Gasteiger partial charge in [0.25, 0.3) is 0 Å². The maximum atomic E-state index is 4.62. The van der Waals surface area contributed by atoms with Gasteiger partial charge in [-0.15, -0.1) is 0 Å². The summed E-state index contributed by atoms with van der Waals surface area (Å²) in [6.07, 6.45) is 6.46. The third kappa shape index (κ3) is 2.29. The zero-order chi connectivity index (χ0) is 14.4. The van der Waals surface area contributed by atoms with E-state index in [1.54, 1.807) is 0 Å². The monoisotopic (exact) mass is 285 g/mol. The lowest BCUT2D eigenvalue weighted by Crippen LogP contribution is -2.39. The van der Waals surface area contributed by atoms with Crippen molar-refractivity contribution in [1.82, 2.24) is 19.7 Å². The zero-order valence-electron chi connectivity index (χ0n) is 12.8.